The van der Waals surface area contributed by atoms with Gasteiger partial charge in [0.15, 0.2) is 0 Å². The summed E-state index contributed by atoms with van der Waals surface area (Å²) in [5, 5.41) is 10.8. The Kier molecular flexibility index (Phi) is 4.54. The number of carbonyl (C=O) groups excluding carboxylic acids is 1. The minimum atomic E-state index is -1.06. The molecule has 0 radical (unpaired) electrons. The first-order valence-electron chi connectivity index (χ1n) is 3.51. The van der Waals surface area contributed by atoms with Crippen LogP contribution in [0.1, 0.15) is 19.8 Å². The number of amides is 1. The fraction of sp³-hybridized carbons (Fsp3) is 0.500. The molecule has 12 heavy (non-hydrogen) atoms. The smallest absolute Gasteiger partial charge is 0.326 e. The number of hydrogen-bond acceptors (Lipinski definition) is 2. The molecule has 0 aromatic heterocycles. The molecule has 1 unspecified atom stereocenters. The third-order valence-corrected chi connectivity index (χ3v) is 1.25. The first-order chi connectivity index (χ1) is 5.57. The van der Waals surface area contributed by atoms with Crippen molar-refractivity contribution in [2.45, 2.75) is 25.8 Å². The highest BCUT2D eigenvalue weighted by Crippen LogP contribution is 1.96. The Hall–Kier alpha value is -1.50. The molecule has 1 amide bonds. The summed E-state index contributed by atoms with van der Waals surface area (Å²) in [6.07, 6.45) is 5.57. The predicted molar refractivity (Wildman–Crippen MR) is 43.3 cm³/mol. The molecule has 1 atom stereocenters. The zero-order valence-corrected chi connectivity index (χ0v) is 6.83. The standard InChI is InChI=1S/C8H11NO3/c1-3-4-5-7(8(11)12)9-6(2)10/h1,7H,4-5H2,2H3,(H,9,10)(H,11,12). The van der Waals surface area contributed by atoms with Crippen LogP contribution in [0.25, 0.3) is 0 Å². The lowest BCUT2D eigenvalue weighted by molar-refractivity contribution is -0.141. The predicted octanol–water partition coefficient (Wildman–Crippen LogP) is -0.0109. The fourth-order valence-electron chi connectivity index (χ4n) is 0.730. The second-order valence-electron chi connectivity index (χ2n) is 2.33. The Bertz CT molecular complexity index is 217. The molecule has 0 fully saturated rings. The van der Waals surface area contributed by atoms with E-state index in [4.69, 9.17) is 11.5 Å². The van der Waals surface area contributed by atoms with Crippen molar-refractivity contribution in [1.29, 1.82) is 0 Å². The molecule has 0 saturated carbocycles. The summed E-state index contributed by atoms with van der Waals surface area (Å²) in [6.45, 7) is 1.27. The molecule has 0 rings (SSSR count). The molecule has 0 heterocycles. The molecule has 4 nitrogen and oxygen atoms in total. The molecule has 0 aliphatic carbocycles. The van der Waals surface area contributed by atoms with Crippen molar-refractivity contribution in [2.24, 2.45) is 0 Å². The van der Waals surface area contributed by atoms with E-state index >= 15 is 0 Å². The van der Waals surface area contributed by atoms with E-state index in [2.05, 4.69) is 11.2 Å². The van der Waals surface area contributed by atoms with Gasteiger partial charge in [0.2, 0.25) is 5.91 Å². The largest absolute Gasteiger partial charge is 0.480 e. The van der Waals surface area contributed by atoms with Crippen molar-refractivity contribution in [3.8, 4) is 12.3 Å². The zero-order chi connectivity index (χ0) is 9.56. The number of nitrogens with one attached hydrogen (secondary N) is 1. The van der Waals surface area contributed by atoms with Crippen molar-refractivity contribution in [2.75, 3.05) is 0 Å². The summed E-state index contributed by atoms with van der Waals surface area (Å²) < 4.78 is 0. The average molecular weight is 169 g/mol. The maximum atomic E-state index is 10.5. The van der Waals surface area contributed by atoms with Gasteiger partial charge in [-0.1, -0.05) is 0 Å². The Morgan fingerprint density at radius 1 is 1.67 bits per heavy atom. The van der Waals surface area contributed by atoms with E-state index in [-0.39, 0.29) is 12.3 Å². The van der Waals surface area contributed by atoms with Gasteiger partial charge in [0.1, 0.15) is 6.04 Å². The van der Waals surface area contributed by atoms with Crippen LogP contribution in [0.15, 0.2) is 0 Å². The maximum absolute atomic E-state index is 10.5. The van der Waals surface area contributed by atoms with Crippen LogP contribution in [0.4, 0.5) is 0 Å². The van der Waals surface area contributed by atoms with Crippen molar-refractivity contribution in [1.82, 2.24) is 5.32 Å². The number of carbonyl (C=O) groups is 2. The van der Waals surface area contributed by atoms with Gasteiger partial charge in [-0.2, -0.15) is 0 Å². The van der Waals surface area contributed by atoms with Crippen LogP contribution >= 0.6 is 0 Å². The van der Waals surface area contributed by atoms with E-state index in [0.29, 0.717) is 6.42 Å². The number of rotatable bonds is 4. The van der Waals surface area contributed by atoms with Crippen LogP contribution in [0.5, 0.6) is 0 Å². The van der Waals surface area contributed by atoms with Crippen molar-refractivity contribution in [3.05, 3.63) is 0 Å². The number of terminal acetylenes is 1. The molecule has 66 valence electrons. The lowest BCUT2D eigenvalue weighted by Crippen LogP contribution is -2.39. The summed E-state index contributed by atoms with van der Waals surface area (Å²) in [5.74, 6) is 0.895. The van der Waals surface area contributed by atoms with Gasteiger partial charge >= 0.3 is 5.97 Å². The average Bonchev–Trinajstić information content (AvgIpc) is 1.96. The van der Waals surface area contributed by atoms with Gasteiger partial charge in [-0.15, -0.1) is 12.3 Å². The molecule has 0 aromatic rings. The fourth-order valence-corrected chi connectivity index (χ4v) is 0.730. The monoisotopic (exact) mass is 169 g/mol. The number of carboxylic acids is 1. The molecular weight excluding hydrogens is 158 g/mol. The molecule has 0 aliphatic rings. The van der Waals surface area contributed by atoms with E-state index in [1.807, 2.05) is 0 Å². The van der Waals surface area contributed by atoms with Crippen LogP contribution in [0.2, 0.25) is 0 Å². The van der Waals surface area contributed by atoms with Crippen LogP contribution < -0.4 is 5.32 Å². The van der Waals surface area contributed by atoms with Gasteiger partial charge in [0, 0.05) is 13.3 Å². The normalized spacial score (nSPS) is 11.3. The van der Waals surface area contributed by atoms with Gasteiger partial charge in [-0.05, 0) is 6.42 Å². The van der Waals surface area contributed by atoms with Gasteiger partial charge < -0.3 is 10.4 Å². The van der Waals surface area contributed by atoms with Crippen molar-refractivity contribution in [3.63, 3.8) is 0 Å². The van der Waals surface area contributed by atoms with Gasteiger partial charge in [-0.3, -0.25) is 4.79 Å². The molecule has 0 bridgehead atoms. The van der Waals surface area contributed by atoms with Crippen LogP contribution in [-0.2, 0) is 9.59 Å². The summed E-state index contributed by atoms with van der Waals surface area (Å²) >= 11 is 0. The Balaban J connectivity index is 3.97. The lowest BCUT2D eigenvalue weighted by Gasteiger charge is -2.10. The zero-order valence-electron chi connectivity index (χ0n) is 6.83. The van der Waals surface area contributed by atoms with Crippen molar-refractivity contribution >= 4 is 11.9 Å². The van der Waals surface area contributed by atoms with E-state index in [1.165, 1.54) is 6.92 Å². The second-order valence-corrected chi connectivity index (χ2v) is 2.33. The Morgan fingerprint density at radius 2 is 2.25 bits per heavy atom. The van der Waals surface area contributed by atoms with E-state index in [1.54, 1.807) is 0 Å². The topological polar surface area (TPSA) is 66.4 Å². The summed E-state index contributed by atoms with van der Waals surface area (Å²) in [5.41, 5.74) is 0. The van der Waals surface area contributed by atoms with Gasteiger partial charge in [-0.25, -0.2) is 4.79 Å². The molecule has 0 saturated heterocycles. The van der Waals surface area contributed by atoms with Crippen LogP contribution in [0.3, 0.4) is 0 Å². The summed E-state index contributed by atoms with van der Waals surface area (Å²) in [7, 11) is 0. The molecule has 2 N–H and O–H groups in total. The van der Waals surface area contributed by atoms with E-state index in [0.717, 1.165) is 0 Å². The first-order valence-corrected chi connectivity index (χ1v) is 3.51. The summed E-state index contributed by atoms with van der Waals surface area (Å²) in [6, 6.07) is -0.862. The highest BCUT2D eigenvalue weighted by Gasteiger charge is 2.16. The van der Waals surface area contributed by atoms with E-state index in [9.17, 15) is 9.59 Å². The minimum Gasteiger partial charge on any atom is -0.480 e. The van der Waals surface area contributed by atoms with Gasteiger partial charge in [0.05, 0.1) is 0 Å². The minimum absolute atomic E-state index is 0.269. The Morgan fingerprint density at radius 3 is 2.58 bits per heavy atom. The molecule has 0 aromatic carbocycles. The second kappa shape index (κ2) is 5.19. The highest BCUT2D eigenvalue weighted by molar-refractivity contribution is 5.81. The lowest BCUT2D eigenvalue weighted by atomic mass is 10.1. The molecule has 4 heteroatoms. The van der Waals surface area contributed by atoms with Crippen molar-refractivity contribution < 1.29 is 14.7 Å². The van der Waals surface area contributed by atoms with Crippen LogP contribution in [0, 0.1) is 12.3 Å². The number of carboxylic acid groups (broad SMARTS) is 1. The molecule has 0 aliphatic heterocycles. The van der Waals surface area contributed by atoms with Crippen LogP contribution in [-0.4, -0.2) is 23.0 Å². The van der Waals surface area contributed by atoms with E-state index < -0.39 is 12.0 Å². The van der Waals surface area contributed by atoms with Gasteiger partial charge in [0.25, 0.3) is 0 Å². The third kappa shape index (κ3) is 4.34. The third-order valence-electron chi connectivity index (χ3n) is 1.25. The number of aliphatic carboxylic acids is 1. The number of hydrogen-bond donors (Lipinski definition) is 2. The quantitative estimate of drug-likeness (QED) is 0.581. The molecule has 0 spiro atoms. The Labute approximate surface area is 71.0 Å². The highest BCUT2D eigenvalue weighted by atomic mass is 16.4. The molecular formula is C8H11NO3. The maximum Gasteiger partial charge on any atom is 0.326 e. The first kappa shape index (κ1) is 10.5. The summed E-state index contributed by atoms with van der Waals surface area (Å²) in [4.78, 5) is 21.0. The SMILES string of the molecule is C#CCCC(NC(C)=O)C(=O)O.